The fraction of sp³-hybridized carbons (Fsp3) is 0.333. The zero-order valence-corrected chi connectivity index (χ0v) is 9.41. The average Bonchev–Trinajstić information content (AvgIpc) is 2.47. The monoisotopic (exact) mass is 245 g/mol. The summed E-state index contributed by atoms with van der Waals surface area (Å²) in [4.78, 5) is 0. The van der Waals surface area contributed by atoms with Gasteiger partial charge in [-0.1, -0.05) is 6.08 Å². The molecule has 1 atom stereocenters. The van der Waals surface area contributed by atoms with E-state index < -0.39 is 0 Å². The van der Waals surface area contributed by atoms with Crippen LogP contribution in [0.15, 0.2) is 27.9 Å². The van der Waals surface area contributed by atoms with Crippen molar-refractivity contribution in [3.05, 3.63) is 33.5 Å². The topological polar surface area (TPSA) is 12.0 Å². The summed E-state index contributed by atoms with van der Waals surface area (Å²) >= 11 is 5.16. The van der Waals surface area contributed by atoms with Gasteiger partial charge in [0.05, 0.1) is 3.79 Å². The zero-order valence-electron chi connectivity index (χ0n) is 7.01. The van der Waals surface area contributed by atoms with Crippen LogP contribution in [-0.2, 0) is 0 Å². The lowest BCUT2D eigenvalue weighted by Crippen LogP contribution is -2.14. The zero-order chi connectivity index (χ0) is 8.97. The number of rotatable bonds is 4. The van der Waals surface area contributed by atoms with Gasteiger partial charge < -0.3 is 5.32 Å². The molecular weight excluding hydrogens is 234 g/mol. The fourth-order valence-electron chi connectivity index (χ4n) is 1.09. The minimum absolute atomic E-state index is 0.407. The van der Waals surface area contributed by atoms with Gasteiger partial charge in [-0.25, -0.2) is 0 Å². The second-order valence-electron chi connectivity index (χ2n) is 2.55. The first kappa shape index (κ1) is 9.96. The first-order valence-corrected chi connectivity index (χ1v) is 5.47. The Balaban J connectivity index is 2.72. The first-order valence-electron chi connectivity index (χ1n) is 3.80. The van der Waals surface area contributed by atoms with Gasteiger partial charge in [0.25, 0.3) is 0 Å². The van der Waals surface area contributed by atoms with Crippen LogP contribution in [0.5, 0.6) is 0 Å². The molecular formula is C9H12BrNS. The predicted octanol–water partition coefficient (Wildman–Crippen LogP) is 3.35. The molecule has 0 saturated heterocycles. The molecule has 1 rings (SSSR count). The van der Waals surface area contributed by atoms with Crippen LogP contribution in [0.25, 0.3) is 0 Å². The van der Waals surface area contributed by atoms with E-state index in [0.29, 0.717) is 6.04 Å². The number of nitrogens with one attached hydrogen (secondary N) is 1. The van der Waals surface area contributed by atoms with Crippen molar-refractivity contribution >= 4 is 27.3 Å². The molecule has 12 heavy (non-hydrogen) atoms. The van der Waals surface area contributed by atoms with Gasteiger partial charge in [0.2, 0.25) is 0 Å². The van der Waals surface area contributed by atoms with E-state index in [9.17, 15) is 0 Å². The van der Waals surface area contributed by atoms with E-state index in [1.165, 1.54) is 9.35 Å². The Kier molecular flexibility index (Phi) is 3.98. The number of thiophene rings is 1. The van der Waals surface area contributed by atoms with Gasteiger partial charge in [0.15, 0.2) is 0 Å². The van der Waals surface area contributed by atoms with Crippen molar-refractivity contribution in [2.24, 2.45) is 0 Å². The van der Waals surface area contributed by atoms with Gasteiger partial charge in [-0.2, -0.15) is 0 Å². The summed E-state index contributed by atoms with van der Waals surface area (Å²) in [5, 5.41) is 5.41. The van der Waals surface area contributed by atoms with Crippen LogP contribution < -0.4 is 5.32 Å². The second kappa shape index (κ2) is 4.80. The van der Waals surface area contributed by atoms with Crippen molar-refractivity contribution in [2.75, 3.05) is 7.05 Å². The highest BCUT2D eigenvalue weighted by atomic mass is 79.9. The van der Waals surface area contributed by atoms with E-state index in [-0.39, 0.29) is 0 Å². The molecule has 0 amide bonds. The molecule has 1 unspecified atom stereocenters. The van der Waals surface area contributed by atoms with Crippen LogP contribution in [0, 0.1) is 0 Å². The summed E-state index contributed by atoms with van der Waals surface area (Å²) in [5.74, 6) is 0. The molecule has 0 spiro atoms. The SMILES string of the molecule is C=CCC(NC)c1csc(Br)c1. The van der Waals surface area contributed by atoms with Crippen molar-refractivity contribution < 1.29 is 0 Å². The van der Waals surface area contributed by atoms with Crippen molar-refractivity contribution in [2.45, 2.75) is 12.5 Å². The summed E-state index contributed by atoms with van der Waals surface area (Å²) in [7, 11) is 1.97. The maximum atomic E-state index is 3.73. The second-order valence-corrected chi connectivity index (χ2v) is 4.84. The third-order valence-electron chi connectivity index (χ3n) is 1.74. The Morgan fingerprint density at radius 1 is 1.83 bits per heavy atom. The normalized spacial score (nSPS) is 12.8. The van der Waals surface area contributed by atoms with Gasteiger partial charge in [0.1, 0.15) is 0 Å². The molecule has 0 saturated carbocycles. The third-order valence-corrected chi connectivity index (χ3v) is 3.26. The summed E-state index contributed by atoms with van der Waals surface area (Å²) < 4.78 is 1.18. The van der Waals surface area contributed by atoms with E-state index in [1.54, 1.807) is 11.3 Å². The molecule has 66 valence electrons. The van der Waals surface area contributed by atoms with E-state index in [2.05, 4.69) is 39.3 Å². The Labute approximate surface area is 85.6 Å². The highest BCUT2D eigenvalue weighted by Gasteiger charge is 2.08. The Morgan fingerprint density at radius 3 is 3.00 bits per heavy atom. The van der Waals surface area contributed by atoms with Crippen molar-refractivity contribution in [3.8, 4) is 0 Å². The highest BCUT2D eigenvalue weighted by molar-refractivity contribution is 9.11. The lowest BCUT2D eigenvalue weighted by molar-refractivity contribution is 0.605. The van der Waals surface area contributed by atoms with Crippen molar-refractivity contribution in [3.63, 3.8) is 0 Å². The summed E-state index contributed by atoms with van der Waals surface area (Å²) in [6.45, 7) is 3.73. The van der Waals surface area contributed by atoms with Crippen molar-refractivity contribution in [1.29, 1.82) is 0 Å². The van der Waals surface area contributed by atoms with Crippen molar-refractivity contribution in [1.82, 2.24) is 5.32 Å². The summed E-state index contributed by atoms with van der Waals surface area (Å²) in [6.07, 6.45) is 2.91. The van der Waals surface area contributed by atoms with Gasteiger partial charge in [0, 0.05) is 6.04 Å². The molecule has 1 nitrogen and oxygen atoms in total. The number of halogens is 1. The number of hydrogen-bond donors (Lipinski definition) is 1. The minimum atomic E-state index is 0.407. The van der Waals surface area contributed by atoms with Gasteiger partial charge in [-0.3, -0.25) is 0 Å². The molecule has 0 aromatic carbocycles. The van der Waals surface area contributed by atoms with E-state index >= 15 is 0 Å². The molecule has 0 fully saturated rings. The van der Waals surface area contributed by atoms with Crippen LogP contribution in [-0.4, -0.2) is 7.05 Å². The lowest BCUT2D eigenvalue weighted by Gasteiger charge is -2.11. The van der Waals surface area contributed by atoms with Crippen LogP contribution in [0.3, 0.4) is 0 Å². The van der Waals surface area contributed by atoms with E-state index in [4.69, 9.17) is 0 Å². The smallest absolute Gasteiger partial charge is 0.0701 e. The van der Waals surface area contributed by atoms with Gasteiger partial charge in [-0.05, 0) is 46.4 Å². The largest absolute Gasteiger partial charge is 0.313 e. The molecule has 0 bridgehead atoms. The van der Waals surface area contributed by atoms with Gasteiger partial charge in [-0.15, -0.1) is 17.9 Å². The molecule has 1 N–H and O–H groups in total. The Bertz CT molecular complexity index is 257. The molecule has 1 heterocycles. The Morgan fingerprint density at radius 2 is 2.58 bits per heavy atom. The van der Waals surface area contributed by atoms with Crippen LogP contribution in [0.1, 0.15) is 18.0 Å². The lowest BCUT2D eigenvalue weighted by atomic mass is 10.1. The van der Waals surface area contributed by atoms with E-state index in [1.807, 2.05) is 13.1 Å². The molecule has 3 heteroatoms. The van der Waals surface area contributed by atoms with Crippen LogP contribution in [0.4, 0.5) is 0 Å². The standard InChI is InChI=1S/C9H12BrNS/c1-3-4-8(11-2)7-5-9(10)12-6-7/h3,5-6,8,11H,1,4H2,2H3. The van der Waals surface area contributed by atoms with Crippen LogP contribution >= 0.6 is 27.3 Å². The maximum Gasteiger partial charge on any atom is 0.0701 e. The summed E-state index contributed by atoms with van der Waals surface area (Å²) in [6, 6.07) is 2.56. The average molecular weight is 246 g/mol. The molecule has 0 aliphatic rings. The first-order chi connectivity index (χ1) is 5.77. The molecule has 0 radical (unpaired) electrons. The Hall–Kier alpha value is -0.120. The highest BCUT2D eigenvalue weighted by Crippen LogP contribution is 2.26. The van der Waals surface area contributed by atoms with Crippen LogP contribution in [0.2, 0.25) is 0 Å². The molecule has 1 aromatic heterocycles. The third kappa shape index (κ3) is 2.44. The molecule has 1 aromatic rings. The number of hydrogen-bond acceptors (Lipinski definition) is 2. The van der Waals surface area contributed by atoms with Gasteiger partial charge >= 0.3 is 0 Å². The molecule has 0 aliphatic carbocycles. The predicted molar refractivity (Wildman–Crippen MR) is 58.6 cm³/mol. The summed E-state index contributed by atoms with van der Waals surface area (Å²) in [5.41, 5.74) is 1.33. The molecule has 0 aliphatic heterocycles. The van der Waals surface area contributed by atoms with E-state index in [0.717, 1.165) is 6.42 Å². The quantitative estimate of drug-likeness (QED) is 0.803. The minimum Gasteiger partial charge on any atom is -0.313 e. The fourth-order valence-corrected chi connectivity index (χ4v) is 2.32. The maximum absolute atomic E-state index is 3.73.